The molecule has 2 rings (SSSR count). The van der Waals surface area contributed by atoms with Crippen LogP contribution in [0.25, 0.3) is 6.08 Å². The summed E-state index contributed by atoms with van der Waals surface area (Å²) in [5.41, 5.74) is 8.21. The summed E-state index contributed by atoms with van der Waals surface area (Å²) in [6.45, 7) is 0. The van der Waals surface area contributed by atoms with Gasteiger partial charge >= 0.3 is 0 Å². The molecule has 0 aliphatic carbocycles. The van der Waals surface area contributed by atoms with Crippen LogP contribution >= 0.6 is 22.6 Å². The molecule has 0 amide bonds. The van der Waals surface area contributed by atoms with Crippen molar-refractivity contribution >= 4 is 34.5 Å². The second-order valence-electron chi connectivity index (χ2n) is 2.95. The minimum atomic E-state index is 0.686. The third-order valence-corrected chi connectivity index (χ3v) is 2.50. The smallest absolute Gasteiger partial charge is 0.105 e. The van der Waals surface area contributed by atoms with Gasteiger partial charge in [-0.25, -0.2) is 4.99 Å². The van der Waals surface area contributed by atoms with Crippen molar-refractivity contribution < 1.29 is 0 Å². The summed E-state index contributed by atoms with van der Waals surface area (Å²) >= 11 is 2.19. The third kappa shape index (κ3) is 1.91. The number of benzene rings is 1. The van der Waals surface area contributed by atoms with E-state index >= 15 is 0 Å². The molecule has 0 unspecified atom stereocenters. The van der Waals surface area contributed by atoms with Gasteiger partial charge in [0.25, 0.3) is 0 Å². The molecule has 3 heteroatoms. The third-order valence-electron chi connectivity index (χ3n) is 1.95. The molecule has 1 aromatic rings. The molecule has 0 saturated carbocycles. The zero-order chi connectivity index (χ0) is 9.26. The molecule has 0 atom stereocenters. The zero-order valence-corrected chi connectivity index (χ0v) is 9.15. The second-order valence-corrected chi connectivity index (χ2v) is 4.05. The first-order valence-corrected chi connectivity index (χ1v) is 5.12. The van der Waals surface area contributed by atoms with Gasteiger partial charge in [0, 0.05) is 6.42 Å². The summed E-state index contributed by atoms with van der Waals surface area (Å²) in [5.74, 6) is 0.686. The van der Waals surface area contributed by atoms with Gasteiger partial charge in [-0.1, -0.05) is 24.3 Å². The maximum absolute atomic E-state index is 5.74. The number of hydrogen-bond donors (Lipinski definition) is 1. The van der Waals surface area contributed by atoms with Crippen molar-refractivity contribution in [1.82, 2.24) is 0 Å². The van der Waals surface area contributed by atoms with Gasteiger partial charge in [0.2, 0.25) is 0 Å². The van der Waals surface area contributed by atoms with E-state index in [0.29, 0.717) is 5.84 Å². The molecule has 0 aromatic heterocycles. The Bertz CT molecular complexity index is 394. The van der Waals surface area contributed by atoms with E-state index in [0.717, 1.165) is 10.1 Å². The maximum atomic E-state index is 5.74. The molecular formula is C10H9IN2. The Balaban J connectivity index is 2.55. The lowest BCUT2D eigenvalue weighted by Crippen LogP contribution is -2.14. The molecule has 1 heterocycles. The Morgan fingerprint density at radius 2 is 2.08 bits per heavy atom. The second kappa shape index (κ2) is 3.49. The normalized spacial score (nSPS) is 15.5. The highest BCUT2D eigenvalue weighted by atomic mass is 127. The highest BCUT2D eigenvalue weighted by Gasteiger charge is 2.06. The van der Waals surface area contributed by atoms with Gasteiger partial charge in [-0.05, 0) is 39.8 Å². The molecular weight excluding hydrogens is 275 g/mol. The lowest BCUT2D eigenvalue weighted by atomic mass is 10.1. The Hall–Kier alpha value is -0.840. The SMILES string of the molecule is NC1=NC(I)=Cc2ccccc2C1. The summed E-state index contributed by atoms with van der Waals surface area (Å²) in [5, 5.41) is 0. The molecule has 0 spiro atoms. The van der Waals surface area contributed by atoms with E-state index < -0.39 is 0 Å². The Morgan fingerprint density at radius 1 is 1.31 bits per heavy atom. The Kier molecular flexibility index (Phi) is 2.35. The van der Waals surface area contributed by atoms with Crippen molar-refractivity contribution in [2.45, 2.75) is 6.42 Å². The fraction of sp³-hybridized carbons (Fsp3) is 0.100. The first kappa shape index (κ1) is 8.74. The van der Waals surface area contributed by atoms with E-state index in [-0.39, 0.29) is 0 Å². The predicted molar refractivity (Wildman–Crippen MR) is 63.8 cm³/mol. The van der Waals surface area contributed by atoms with E-state index in [1.165, 1.54) is 11.1 Å². The number of hydrogen-bond acceptors (Lipinski definition) is 2. The van der Waals surface area contributed by atoms with E-state index in [2.05, 4.69) is 45.8 Å². The van der Waals surface area contributed by atoms with Crippen LogP contribution in [0, 0.1) is 0 Å². The van der Waals surface area contributed by atoms with Crippen LogP contribution in [0.3, 0.4) is 0 Å². The van der Waals surface area contributed by atoms with Crippen LogP contribution in [0.2, 0.25) is 0 Å². The van der Waals surface area contributed by atoms with Crippen molar-refractivity contribution in [1.29, 1.82) is 0 Å². The van der Waals surface area contributed by atoms with Crippen LogP contribution in [-0.4, -0.2) is 5.84 Å². The van der Waals surface area contributed by atoms with E-state index in [9.17, 15) is 0 Å². The van der Waals surface area contributed by atoms with Gasteiger partial charge < -0.3 is 5.73 Å². The Labute approximate surface area is 90.7 Å². The number of nitrogens with two attached hydrogens (primary N) is 1. The number of aliphatic imine (C=N–C) groups is 1. The maximum Gasteiger partial charge on any atom is 0.105 e. The average Bonchev–Trinajstić information content (AvgIpc) is 2.20. The highest BCUT2D eigenvalue weighted by molar-refractivity contribution is 14.1. The van der Waals surface area contributed by atoms with E-state index in [4.69, 9.17) is 5.73 Å². The monoisotopic (exact) mass is 284 g/mol. The lowest BCUT2D eigenvalue weighted by molar-refractivity contribution is 1.28. The fourth-order valence-corrected chi connectivity index (χ4v) is 2.01. The lowest BCUT2D eigenvalue weighted by Gasteiger charge is -2.01. The number of amidine groups is 1. The number of nitrogens with zero attached hydrogens (tertiary/aromatic N) is 1. The fourth-order valence-electron chi connectivity index (χ4n) is 1.37. The summed E-state index contributed by atoms with van der Waals surface area (Å²) in [6, 6.07) is 8.23. The summed E-state index contributed by atoms with van der Waals surface area (Å²) in [7, 11) is 0. The number of fused-ring (bicyclic) bond motifs is 1. The molecule has 0 fully saturated rings. The number of rotatable bonds is 0. The Morgan fingerprint density at radius 3 is 2.92 bits per heavy atom. The van der Waals surface area contributed by atoms with Gasteiger partial charge in [-0.15, -0.1) is 0 Å². The minimum absolute atomic E-state index is 0.686. The summed E-state index contributed by atoms with van der Waals surface area (Å²) < 4.78 is 0.944. The molecule has 13 heavy (non-hydrogen) atoms. The van der Waals surface area contributed by atoms with Crippen molar-refractivity contribution in [3.05, 3.63) is 39.1 Å². The largest absolute Gasteiger partial charge is 0.387 e. The average molecular weight is 284 g/mol. The quantitative estimate of drug-likeness (QED) is 0.576. The van der Waals surface area contributed by atoms with Gasteiger partial charge in [0.05, 0.1) is 0 Å². The summed E-state index contributed by atoms with van der Waals surface area (Å²) in [6.07, 6.45) is 2.80. The van der Waals surface area contributed by atoms with Gasteiger partial charge in [0.15, 0.2) is 0 Å². The molecule has 66 valence electrons. The van der Waals surface area contributed by atoms with Crippen LogP contribution in [0.4, 0.5) is 0 Å². The summed E-state index contributed by atoms with van der Waals surface area (Å²) in [4.78, 5) is 4.23. The zero-order valence-electron chi connectivity index (χ0n) is 7.00. The first-order chi connectivity index (χ1) is 6.25. The van der Waals surface area contributed by atoms with E-state index in [1.807, 2.05) is 12.1 Å². The van der Waals surface area contributed by atoms with E-state index in [1.54, 1.807) is 0 Å². The molecule has 2 N–H and O–H groups in total. The molecule has 1 aliphatic heterocycles. The van der Waals surface area contributed by atoms with Crippen molar-refractivity contribution in [2.24, 2.45) is 10.7 Å². The van der Waals surface area contributed by atoms with Crippen LogP contribution in [0.1, 0.15) is 11.1 Å². The molecule has 1 aliphatic rings. The van der Waals surface area contributed by atoms with Gasteiger partial charge in [-0.2, -0.15) is 0 Å². The molecule has 0 saturated heterocycles. The van der Waals surface area contributed by atoms with Crippen LogP contribution in [0.15, 0.2) is 33.0 Å². The van der Waals surface area contributed by atoms with Gasteiger partial charge in [-0.3, -0.25) is 0 Å². The van der Waals surface area contributed by atoms with Crippen molar-refractivity contribution in [3.8, 4) is 0 Å². The van der Waals surface area contributed by atoms with Crippen LogP contribution < -0.4 is 5.73 Å². The van der Waals surface area contributed by atoms with Crippen molar-refractivity contribution in [2.75, 3.05) is 0 Å². The minimum Gasteiger partial charge on any atom is -0.387 e. The first-order valence-electron chi connectivity index (χ1n) is 4.04. The van der Waals surface area contributed by atoms with Gasteiger partial charge in [0.1, 0.15) is 9.54 Å². The van der Waals surface area contributed by atoms with Crippen molar-refractivity contribution in [3.63, 3.8) is 0 Å². The topological polar surface area (TPSA) is 38.4 Å². The number of halogens is 1. The van der Waals surface area contributed by atoms with Crippen LogP contribution in [-0.2, 0) is 6.42 Å². The molecule has 0 radical (unpaired) electrons. The highest BCUT2D eigenvalue weighted by Crippen LogP contribution is 2.21. The standard InChI is InChI=1S/C10H9IN2/c11-9-5-7-3-1-2-4-8(7)6-10(12)13-9/h1-5H,6H2,(H2,12,13). The molecule has 1 aromatic carbocycles. The predicted octanol–water partition coefficient (Wildman–Crippen LogP) is 2.33. The van der Waals surface area contributed by atoms with Crippen LogP contribution in [0.5, 0.6) is 0 Å². The molecule has 0 bridgehead atoms. The molecule has 2 nitrogen and oxygen atoms in total.